The zero-order valence-electron chi connectivity index (χ0n) is 11.8. The Balaban J connectivity index is 2.27. The molecular formula is C15H19N3O2. The van der Waals surface area contributed by atoms with Gasteiger partial charge >= 0.3 is 0 Å². The Kier molecular flexibility index (Phi) is 4.40. The van der Waals surface area contributed by atoms with Crippen molar-refractivity contribution in [1.82, 2.24) is 9.99 Å². The quantitative estimate of drug-likeness (QED) is 0.788. The Morgan fingerprint density at radius 2 is 2.30 bits per heavy atom. The minimum Gasteiger partial charge on any atom is -0.497 e. The summed E-state index contributed by atoms with van der Waals surface area (Å²) in [5, 5.41) is 7.27. The van der Waals surface area contributed by atoms with Gasteiger partial charge in [-0.05, 0) is 36.6 Å². The number of nitroso groups, excluding NO2 is 1. The molecule has 0 aliphatic heterocycles. The van der Waals surface area contributed by atoms with Crippen molar-refractivity contribution in [3.05, 3.63) is 47.1 Å². The molecule has 1 aromatic heterocycles. The van der Waals surface area contributed by atoms with E-state index < -0.39 is 0 Å². The monoisotopic (exact) mass is 273 g/mol. The average molecular weight is 273 g/mol. The summed E-state index contributed by atoms with van der Waals surface area (Å²) in [6, 6.07) is 5.60. The first-order valence-electron chi connectivity index (χ1n) is 6.62. The van der Waals surface area contributed by atoms with Gasteiger partial charge < -0.3 is 10.1 Å². The number of nitrogens with zero attached hydrogens (tertiary/aromatic N) is 2. The maximum atomic E-state index is 10.9. The van der Waals surface area contributed by atoms with Crippen LogP contribution in [0.2, 0.25) is 0 Å². The highest BCUT2D eigenvalue weighted by atomic mass is 16.5. The fraction of sp³-hybridized carbons (Fsp3) is 0.333. The molecule has 1 N–H and O–H groups in total. The van der Waals surface area contributed by atoms with Gasteiger partial charge in [0.1, 0.15) is 5.75 Å². The minimum absolute atomic E-state index is 0.772. The van der Waals surface area contributed by atoms with Crippen LogP contribution in [0.25, 0.3) is 10.9 Å². The van der Waals surface area contributed by atoms with E-state index in [-0.39, 0.29) is 0 Å². The summed E-state index contributed by atoms with van der Waals surface area (Å²) in [6.45, 7) is 6.75. The molecule has 0 aliphatic rings. The molecule has 0 atom stereocenters. The summed E-state index contributed by atoms with van der Waals surface area (Å²) in [5.41, 5.74) is 2.87. The van der Waals surface area contributed by atoms with Crippen LogP contribution in [0.15, 0.2) is 42.0 Å². The lowest BCUT2D eigenvalue weighted by Crippen LogP contribution is -2.15. The minimum atomic E-state index is 0.772. The molecule has 106 valence electrons. The third kappa shape index (κ3) is 2.82. The van der Waals surface area contributed by atoms with Gasteiger partial charge in [0, 0.05) is 23.8 Å². The smallest absolute Gasteiger partial charge is 0.119 e. The van der Waals surface area contributed by atoms with Gasteiger partial charge in [0.2, 0.25) is 0 Å². The van der Waals surface area contributed by atoms with Crippen molar-refractivity contribution in [2.24, 2.45) is 5.29 Å². The van der Waals surface area contributed by atoms with E-state index in [0.29, 0.717) is 0 Å². The Labute approximate surface area is 118 Å². The van der Waals surface area contributed by atoms with E-state index in [2.05, 4.69) is 24.1 Å². The number of allylic oxidation sites excluding steroid dienone is 1. The van der Waals surface area contributed by atoms with Crippen LogP contribution in [0, 0.1) is 4.91 Å². The van der Waals surface area contributed by atoms with Gasteiger partial charge in [-0.2, -0.15) is 0 Å². The second kappa shape index (κ2) is 6.23. The molecule has 0 bridgehead atoms. The predicted octanol–water partition coefficient (Wildman–Crippen LogP) is 3.24. The number of nitrogens with one attached hydrogen (secondary N) is 1. The lowest BCUT2D eigenvalue weighted by molar-refractivity contribution is 0.415. The summed E-state index contributed by atoms with van der Waals surface area (Å²) in [6.07, 6.45) is 3.48. The molecule has 1 heterocycles. The van der Waals surface area contributed by atoms with E-state index in [4.69, 9.17) is 4.74 Å². The molecule has 1 aromatic carbocycles. The SMILES string of the molecule is C=C(CC)NCCc1cn(N=O)c2ccc(OC)cc12. The third-order valence-corrected chi connectivity index (χ3v) is 3.36. The maximum absolute atomic E-state index is 10.9. The number of rotatable bonds is 7. The molecule has 0 aliphatic carbocycles. The number of methoxy groups -OCH3 is 1. The molecule has 0 fully saturated rings. The van der Waals surface area contributed by atoms with E-state index in [1.165, 1.54) is 4.68 Å². The Bertz CT molecular complexity index is 631. The molecule has 20 heavy (non-hydrogen) atoms. The van der Waals surface area contributed by atoms with Gasteiger partial charge in [-0.3, -0.25) is 0 Å². The fourth-order valence-electron chi connectivity index (χ4n) is 2.15. The van der Waals surface area contributed by atoms with Gasteiger partial charge in [0.05, 0.1) is 17.9 Å². The highest BCUT2D eigenvalue weighted by Crippen LogP contribution is 2.26. The van der Waals surface area contributed by atoms with E-state index in [1.807, 2.05) is 18.2 Å². The van der Waals surface area contributed by atoms with Crippen LogP contribution in [-0.4, -0.2) is 18.3 Å². The Morgan fingerprint density at radius 1 is 1.50 bits per heavy atom. The van der Waals surface area contributed by atoms with Gasteiger partial charge in [-0.15, -0.1) is 4.91 Å². The van der Waals surface area contributed by atoms with Gasteiger partial charge in [0.15, 0.2) is 0 Å². The van der Waals surface area contributed by atoms with E-state index in [1.54, 1.807) is 13.3 Å². The van der Waals surface area contributed by atoms with Crippen molar-refractivity contribution in [3.63, 3.8) is 0 Å². The molecule has 2 aromatic rings. The second-order valence-corrected chi connectivity index (χ2v) is 4.60. The van der Waals surface area contributed by atoms with E-state index in [9.17, 15) is 4.91 Å². The first kappa shape index (κ1) is 14.1. The Morgan fingerprint density at radius 3 is 2.95 bits per heavy atom. The van der Waals surface area contributed by atoms with Gasteiger partial charge in [-0.1, -0.05) is 13.5 Å². The van der Waals surface area contributed by atoms with Crippen LogP contribution in [0.4, 0.5) is 0 Å². The summed E-state index contributed by atoms with van der Waals surface area (Å²) in [5.74, 6) is 0.772. The standard InChI is InChI=1S/C15H19N3O2/c1-4-11(2)16-8-7-12-10-18(17-19)15-6-5-13(20-3)9-14(12)15/h5-6,9-10,16H,2,4,7-8H2,1,3H3. The maximum Gasteiger partial charge on any atom is 0.119 e. The number of hydrogen-bond acceptors (Lipinski definition) is 4. The van der Waals surface area contributed by atoms with Crippen LogP contribution >= 0.6 is 0 Å². The molecule has 2 rings (SSSR count). The molecular weight excluding hydrogens is 254 g/mol. The van der Waals surface area contributed by atoms with Crippen molar-refractivity contribution >= 4 is 10.9 Å². The number of ether oxygens (including phenoxy) is 1. The van der Waals surface area contributed by atoms with Crippen LogP contribution in [-0.2, 0) is 6.42 Å². The predicted molar refractivity (Wildman–Crippen MR) is 80.8 cm³/mol. The fourth-order valence-corrected chi connectivity index (χ4v) is 2.15. The summed E-state index contributed by atoms with van der Waals surface area (Å²) in [7, 11) is 1.63. The van der Waals surface area contributed by atoms with Crippen LogP contribution in [0.1, 0.15) is 18.9 Å². The van der Waals surface area contributed by atoms with Crippen LogP contribution in [0.3, 0.4) is 0 Å². The molecule has 0 saturated heterocycles. The lowest BCUT2D eigenvalue weighted by Gasteiger charge is -2.06. The number of hydrogen-bond donors (Lipinski definition) is 1. The largest absolute Gasteiger partial charge is 0.497 e. The zero-order chi connectivity index (χ0) is 14.5. The van der Waals surface area contributed by atoms with E-state index >= 15 is 0 Å². The molecule has 0 spiro atoms. The van der Waals surface area contributed by atoms with Gasteiger partial charge in [-0.25, -0.2) is 4.68 Å². The molecule has 5 nitrogen and oxygen atoms in total. The highest BCUT2D eigenvalue weighted by molar-refractivity contribution is 5.85. The summed E-state index contributed by atoms with van der Waals surface area (Å²) >= 11 is 0. The summed E-state index contributed by atoms with van der Waals surface area (Å²) in [4.78, 5) is 10.9. The number of benzene rings is 1. The summed E-state index contributed by atoms with van der Waals surface area (Å²) < 4.78 is 6.59. The first-order chi connectivity index (χ1) is 9.69. The average Bonchev–Trinajstić information content (AvgIpc) is 2.84. The first-order valence-corrected chi connectivity index (χ1v) is 6.62. The third-order valence-electron chi connectivity index (χ3n) is 3.36. The number of fused-ring (bicyclic) bond motifs is 1. The Hall–Kier alpha value is -2.30. The molecule has 5 heteroatoms. The molecule has 0 unspecified atom stereocenters. The van der Waals surface area contributed by atoms with Crippen LogP contribution in [0.5, 0.6) is 5.75 Å². The van der Waals surface area contributed by atoms with Crippen LogP contribution < -0.4 is 10.1 Å². The van der Waals surface area contributed by atoms with Crippen molar-refractivity contribution in [2.75, 3.05) is 13.7 Å². The zero-order valence-corrected chi connectivity index (χ0v) is 11.8. The molecule has 0 saturated carbocycles. The van der Waals surface area contributed by atoms with Crippen molar-refractivity contribution in [1.29, 1.82) is 0 Å². The topological polar surface area (TPSA) is 55.6 Å². The van der Waals surface area contributed by atoms with Crippen molar-refractivity contribution < 1.29 is 4.74 Å². The van der Waals surface area contributed by atoms with Crippen molar-refractivity contribution in [2.45, 2.75) is 19.8 Å². The number of aromatic nitrogens is 1. The highest BCUT2D eigenvalue weighted by Gasteiger charge is 2.10. The molecule has 0 amide bonds. The second-order valence-electron chi connectivity index (χ2n) is 4.60. The normalized spacial score (nSPS) is 10.5. The van der Waals surface area contributed by atoms with Crippen molar-refractivity contribution in [3.8, 4) is 5.75 Å². The van der Waals surface area contributed by atoms with Gasteiger partial charge in [0.25, 0.3) is 0 Å². The molecule has 0 radical (unpaired) electrons. The van der Waals surface area contributed by atoms with E-state index in [0.717, 1.165) is 47.3 Å². The lowest BCUT2D eigenvalue weighted by atomic mass is 10.1.